The molecule has 0 aromatic carbocycles. The first-order valence-electron chi connectivity index (χ1n) is 4.00. The summed E-state index contributed by atoms with van der Waals surface area (Å²) >= 11 is 0. The van der Waals surface area contributed by atoms with Gasteiger partial charge in [-0.1, -0.05) is 0 Å². The Morgan fingerprint density at radius 3 is 2.18 bits per heavy atom. The molecular weight excluding hydrogens is 164 g/mol. The van der Waals surface area contributed by atoms with Crippen LogP contribution in [0.1, 0.15) is 25.7 Å². The zero-order valence-electron chi connectivity index (χ0n) is 6.45. The SMILES string of the molecule is Cl.NNC1CC2CCC(C1)O2. The lowest BCUT2D eigenvalue weighted by Crippen LogP contribution is -2.42. The first-order chi connectivity index (χ1) is 4.88. The molecule has 0 saturated carbocycles. The van der Waals surface area contributed by atoms with Crippen LogP contribution in [0, 0.1) is 0 Å². The van der Waals surface area contributed by atoms with E-state index in [1.165, 1.54) is 12.8 Å². The molecule has 0 aromatic heterocycles. The first kappa shape index (κ1) is 9.26. The van der Waals surface area contributed by atoms with Gasteiger partial charge in [-0.2, -0.15) is 0 Å². The highest BCUT2D eigenvalue weighted by Gasteiger charge is 2.34. The van der Waals surface area contributed by atoms with Crippen LogP contribution in [0.25, 0.3) is 0 Å². The monoisotopic (exact) mass is 178 g/mol. The van der Waals surface area contributed by atoms with E-state index in [1.807, 2.05) is 0 Å². The Morgan fingerprint density at radius 1 is 1.18 bits per heavy atom. The van der Waals surface area contributed by atoms with Gasteiger partial charge < -0.3 is 4.74 Å². The largest absolute Gasteiger partial charge is 0.375 e. The second-order valence-corrected chi connectivity index (χ2v) is 3.29. The molecule has 0 radical (unpaired) electrons. The number of hydrazine groups is 1. The smallest absolute Gasteiger partial charge is 0.0595 e. The van der Waals surface area contributed by atoms with Crippen molar-refractivity contribution in [3.8, 4) is 0 Å². The lowest BCUT2D eigenvalue weighted by Gasteiger charge is -2.27. The number of nitrogens with two attached hydrogens (primary N) is 1. The summed E-state index contributed by atoms with van der Waals surface area (Å²) in [5, 5.41) is 0. The highest BCUT2D eigenvalue weighted by Crippen LogP contribution is 2.31. The van der Waals surface area contributed by atoms with Crippen molar-refractivity contribution in [2.24, 2.45) is 5.84 Å². The van der Waals surface area contributed by atoms with Crippen molar-refractivity contribution in [1.82, 2.24) is 5.43 Å². The molecular formula is C7H15ClN2O. The molecule has 4 heteroatoms. The molecule has 2 bridgehead atoms. The van der Waals surface area contributed by atoms with E-state index in [0.29, 0.717) is 18.2 Å². The van der Waals surface area contributed by atoms with Gasteiger partial charge in [0, 0.05) is 6.04 Å². The Labute approximate surface area is 73.0 Å². The van der Waals surface area contributed by atoms with Gasteiger partial charge in [0.25, 0.3) is 0 Å². The maximum absolute atomic E-state index is 5.63. The first-order valence-corrected chi connectivity index (χ1v) is 4.00. The third kappa shape index (κ3) is 1.85. The average Bonchev–Trinajstić information content (AvgIpc) is 2.30. The molecule has 2 atom stereocenters. The van der Waals surface area contributed by atoms with E-state index in [9.17, 15) is 0 Å². The Morgan fingerprint density at radius 2 is 1.73 bits per heavy atom. The maximum atomic E-state index is 5.63. The standard InChI is InChI=1S/C7H14N2O.ClH/c8-9-5-3-6-1-2-7(4-5)10-6;/h5-7,9H,1-4,8H2;1H. The van der Waals surface area contributed by atoms with E-state index >= 15 is 0 Å². The maximum Gasteiger partial charge on any atom is 0.0595 e. The molecule has 0 aromatic rings. The van der Waals surface area contributed by atoms with E-state index < -0.39 is 0 Å². The number of halogens is 1. The van der Waals surface area contributed by atoms with Crippen molar-refractivity contribution in [1.29, 1.82) is 0 Å². The molecule has 3 nitrogen and oxygen atoms in total. The molecule has 2 unspecified atom stereocenters. The van der Waals surface area contributed by atoms with E-state index in [-0.39, 0.29) is 12.4 Å². The fourth-order valence-corrected chi connectivity index (χ4v) is 1.99. The summed E-state index contributed by atoms with van der Waals surface area (Å²) in [6.45, 7) is 0. The van der Waals surface area contributed by atoms with Crippen LogP contribution in [-0.4, -0.2) is 18.2 Å². The zero-order valence-corrected chi connectivity index (χ0v) is 7.27. The van der Waals surface area contributed by atoms with E-state index in [4.69, 9.17) is 10.6 Å². The van der Waals surface area contributed by atoms with Crippen molar-refractivity contribution >= 4 is 12.4 Å². The fourth-order valence-electron chi connectivity index (χ4n) is 1.99. The molecule has 2 heterocycles. The molecule has 2 fully saturated rings. The second kappa shape index (κ2) is 3.72. The Bertz CT molecular complexity index is 122. The molecule has 11 heavy (non-hydrogen) atoms. The van der Waals surface area contributed by atoms with E-state index in [2.05, 4.69) is 5.43 Å². The zero-order chi connectivity index (χ0) is 6.97. The van der Waals surface area contributed by atoms with Gasteiger partial charge in [0.15, 0.2) is 0 Å². The van der Waals surface area contributed by atoms with Gasteiger partial charge in [0.2, 0.25) is 0 Å². The van der Waals surface area contributed by atoms with Crippen molar-refractivity contribution in [3.05, 3.63) is 0 Å². The molecule has 2 saturated heterocycles. The number of nitrogens with one attached hydrogen (secondary N) is 1. The predicted molar refractivity (Wildman–Crippen MR) is 45.5 cm³/mol. The highest BCUT2D eigenvalue weighted by atomic mass is 35.5. The average molecular weight is 179 g/mol. The van der Waals surface area contributed by atoms with Gasteiger partial charge in [0.05, 0.1) is 12.2 Å². The summed E-state index contributed by atoms with van der Waals surface area (Å²) in [6.07, 6.45) is 5.69. The minimum Gasteiger partial charge on any atom is -0.375 e. The summed E-state index contributed by atoms with van der Waals surface area (Å²) in [6, 6.07) is 0.506. The normalized spacial score (nSPS) is 41.7. The number of fused-ring (bicyclic) bond motifs is 2. The fraction of sp³-hybridized carbons (Fsp3) is 1.00. The van der Waals surface area contributed by atoms with Crippen LogP contribution in [0.3, 0.4) is 0 Å². The van der Waals surface area contributed by atoms with Crippen molar-refractivity contribution in [3.63, 3.8) is 0 Å². The number of hydrogen-bond acceptors (Lipinski definition) is 3. The van der Waals surface area contributed by atoms with Gasteiger partial charge in [-0.25, -0.2) is 0 Å². The molecule has 0 aliphatic carbocycles. The van der Waals surface area contributed by atoms with Gasteiger partial charge in [-0.05, 0) is 25.7 Å². The molecule has 0 amide bonds. The summed E-state index contributed by atoms with van der Waals surface area (Å²) in [5.74, 6) is 5.35. The third-order valence-corrected chi connectivity index (χ3v) is 2.53. The van der Waals surface area contributed by atoms with Crippen molar-refractivity contribution < 1.29 is 4.74 Å². The van der Waals surface area contributed by atoms with Crippen molar-refractivity contribution in [2.75, 3.05) is 0 Å². The Hall–Kier alpha value is 0.170. The van der Waals surface area contributed by atoms with Gasteiger partial charge in [-0.3, -0.25) is 11.3 Å². The Balaban J connectivity index is 0.000000605. The highest BCUT2D eigenvalue weighted by molar-refractivity contribution is 5.85. The van der Waals surface area contributed by atoms with Crippen LogP contribution < -0.4 is 11.3 Å². The lowest BCUT2D eigenvalue weighted by atomic mass is 10.1. The summed E-state index contributed by atoms with van der Waals surface area (Å²) in [7, 11) is 0. The molecule has 3 N–H and O–H groups in total. The van der Waals surface area contributed by atoms with Gasteiger partial charge in [-0.15, -0.1) is 12.4 Å². The van der Waals surface area contributed by atoms with Crippen LogP contribution in [0.15, 0.2) is 0 Å². The number of hydrogen-bond donors (Lipinski definition) is 2. The van der Waals surface area contributed by atoms with Crippen LogP contribution in [0.2, 0.25) is 0 Å². The molecule has 0 spiro atoms. The predicted octanol–water partition coefficient (Wildman–Crippen LogP) is 0.581. The minimum absolute atomic E-state index is 0. The van der Waals surface area contributed by atoms with Gasteiger partial charge >= 0.3 is 0 Å². The van der Waals surface area contributed by atoms with Crippen LogP contribution >= 0.6 is 12.4 Å². The molecule has 2 aliphatic heterocycles. The number of rotatable bonds is 1. The van der Waals surface area contributed by atoms with E-state index in [1.54, 1.807) is 0 Å². The van der Waals surface area contributed by atoms with Crippen molar-refractivity contribution in [2.45, 2.75) is 43.9 Å². The number of ether oxygens (including phenoxy) is 1. The summed E-state index contributed by atoms with van der Waals surface area (Å²) in [5.41, 5.74) is 2.82. The van der Waals surface area contributed by atoms with Crippen LogP contribution in [0.5, 0.6) is 0 Å². The van der Waals surface area contributed by atoms with E-state index in [0.717, 1.165) is 12.8 Å². The van der Waals surface area contributed by atoms with Gasteiger partial charge in [0.1, 0.15) is 0 Å². The lowest BCUT2D eigenvalue weighted by molar-refractivity contribution is -0.00859. The second-order valence-electron chi connectivity index (χ2n) is 3.29. The summed E-state index contributed by atoms with van der Waals surface area (Å²) in [4.78, 5) is 0. The topological polar surface area (TPSA) is 47.3 Å². The quantitative estimate of drug-likeness (QED) is 0.456. The Kier molecular flexibility index (Phi) is 3.13. The van der Waals surface area contributed by atoms with Crippen LogP contribution in [0.4, 0.5) is 0 Å². The summed E-state index contributed by atoms with van der Waals surface area (Å²) < 4.78 is 5.63. The molecule has 2 rings (SSSR count). The molecule has 2 aliphatic rings. The third-order valence-electron chi connectivity index (χ3n) is 2.53. The van der Waals surface area contributed by atoms with Crippen LogP contribution in [-0.2, 0) is 4.74 Å². The minimum atomic E-state index is 0. The molecule has 66 valence electrons.